The van der Waals surface area contributed by atoms with E-state index >= 15 is 0 Å². The van der Waals surface area contributed by atoms with E-state index in [1.165, 1.54) is 6.92 Å². The van der Waals surface area contributed by atoms with Crippen LogP contribution in [0.1, 0.15) is 34.8 Å². The second kappa shape index (κ2) is 7.18. The van der Waals surface area contributed by atoms with Crippen LogP contribution in [0.2, 0.25) is 0 Å². The number of carboxylic acid groups (broad SMARTS) is 1. The zero-order valence-electron chi connectivity index (χ0n) is 11.0. The van der Waals surface area contributed by atoms with Crippen molar-refractivity contribution in [3.63, 3.8) is 0 Å². The maximum absolute atomic E-state index is 12.9. The largest absolute Gasteiger partial charge is 0.478 e. The molecule has 112 valence electrons. The van der Waals surface area contributed by atoms with E-state index in [4.69, 9.17) is 5.11 Å². The lowest BCUT2D eigenvalue weighted by atomic mass is 10.0. The first-order chi connectivity index (χ1) is 9.71. The summed E-state index contributed by atoms with van der Waals surface area (Å²) < 4.78 is 38.6. The highest BCUT2D eigenvalue weighted by atomic mass is 32.2. The molecule has 0 heterocycles. The third kappa shape index (κ3) is 5.52. The maximum atomic E-state index is 12.9. The Kier molecular flexibility index (Phi) is 5.85. The van der Waals surface area contributed by atoms with E-state index in [0.717, 1.165) is 23.9 Å². The van der Waals surface area contributed by atoms with Gasteiger partial charge in [-0.2, -0.15) is 13.2 Å². The van der Waals surface area contributed by atoms with Crippen molar-refractivity contribution in [1.82, 2.24) is 0 Å². The van der Waals surface area contributed by atoms with Crippen LogP contribution in [0.15, 0.2) is 18.2 Å². The van der Waals surface area contributed by atoms with Crippen LogP contribution in [0.4, 0.5) is 13.2 Å². The summed E-state index contributed by atoms with van der Waals surface area (Å²) in [4.78, 5) is 21.4. The van der Waals surface area contributed by atoms with E-state index in [0.29, 0.717) is 11.8 Å². The summed E-state index contributed by atoms with van der Waals surface area (Å²) in [7, 11) is 0. The molecule has 0 aliphatic heterocycles. The lowest BCUT2D eigenvalue weighted by molar-refractivity contribution is -0.137. The van der Waals surface area contributed by atoms with Crippen molar-refractivity contribution in [2.45, 2.75) is 19.5 Å². The molecule has 0 aliphatic carbocycles. The minimum atomic E-state index is -4.68. The Hall–Kier alpha value is -1.94. The molecule has 0 radical (unpaired) electrons. The van der Waals surface area contributed by atoms with Gasteiger partial charge in [-0.15, -0.1) is 0 Å². The van der Waals surface area contributed by atoms with E-state index in [1.807, 2.05) is 0 Å². The topological polar surface area (TPSA) is 54.4 Å². The molecule has 1 rings (SSSR count). The number of carbonyl (C=O) groups excluding carboxylic acids is 1. The summed E-state index contributed by atoms with van der Waals surface area (Å²) in [6.07, 6.45) is -4.41. The second-order valence-corrected chi connectivity index (χ2v) is 5.23. The Morgan fingerprint density at radius 1 is 1.33 bits per heavy atom. The van der Waals surface area contributed by atoms with Crippen molar-refractivity contribution in [2.24, 2.45) is 0 Å². The first-order valence-electron chi connectivity index (χ1n) is 5.78. The molecule has 1 aromatic rings. The minimum Gasteiger partial charge on any atom is -0.478 e. The molecule has 0 amide bonds. The lowest BCUT2D eigenvalue weighted by Gasteiger charge is -2.09. The summed E-state index contributed by atoms with van der Waals surface area (Å²) in [5, 5.41) is 8.64. The number of hydrogen-bond acceptors (Lipinski definition) is 3. The highest BCUT2D eigenvalue weighted by molar-refractivity contribution is 8.13. The Morgan fingerprint density at radius 2 is 2.00 bits per heavy atom. The molecule has 0 aromatic heterocycles. The third-order valence-corrected chi connectivity index (χ3v) is 3.14. The fourth-order valence-electron chi connectivity index (χ4n) is 1.42. The molecule has 0 atom stereocenters. The molecule has 0 spiro atoms. The second-order valence-electron chi connectivity index (χ2n) is 3.96. The molecule has 0 bridgehead atoms. The molecule has 1 aromatic carbocycles. The number of carboxylic acids is 1. The smallest absolute Gasteiger partial charge is 0.417 e. The Bertz CT molecular complexity index is 612. The van der Waals surface area contributed by atoms with Crippen LogP contribution in [-0.4, -0.2) is 21.9 Å². The summed E-state index contributed by atoms with van der Waals surface area (Å²) >= 11 is 1.04. The van der Waals surface area contributed by atoms with E-state index in [1.54, 1.807) is 0 Å². The van der Waals surface area contributed by atoms with Crippen molar-refractivity contribution in [3.8, 4) is 11.8 Å². The first kappa shape index (κ1) is 17.1. The molecular formula is C14H11F3O3S. The number of carbonyl (C=O) groups is 2. The van der Waals surface area contributed by atoms with Gasteiger partial charge >= 0.3 is 12.1 Å². The van der Waals surface area contributed by atoms with E-state index in [9.17, 15) is 22.8 Å². The maximum Gasteiger partial charge on any atom is 0.417 e. The van der Waals surface area contributed by atoms with Crippen LogP contribution in [-0.2, 0) is 11.0 Å². The van der Waals surface area contributed by atoms with Crippen LogP contribution < -0.4 is 0 Å². The normalized spacial score (nSPS) is 10.7. The van der Waals surface area contributed by atoms with Gasteiger partial charge in [0, 0.05) is 24.7 Å². The van der Waals surface area contributed by atoms with Crippen molar-refractivity contribution < 1.29 is 27.9 Å². The molecule has 0 saturated carbocycles. The predicted octanol–water partition coefficient (Wildman–Crippen LogP) is 3.42. The predicted molar refractivity (Wildman–Crippen MR) is 73.0 cm³/mol. The van der Waals surface area contributed by atoms with Crippen molar-refractivity contribution in [2.75, 3.05) is 5.75 Å². The lowest BCUT2D eigenvalue weighted by Crippen LogP contribution is -2.10. The van der Waals surface area contributed by atoms with Gasteiger partial charge in [-0.1, -0.05) is 23.6 Å². The van der Waals surface area contributed by atoms with Gasteiger partial charge < -0.3 is 5.11 Å². The molecule has 0 unspecified atom stereocenters. The Labute approximate surface area is 123 Å². The number of alkyl halides is 3. The number of benzene rings is 1. The van der Waals surface area contributed by atoms with Gasteiger partial charge in [-0.25, -0.2) is 4.79 Å². The highest BCUT2D eigenvalue weighted by Crippen LogP contribution is 2.32. The number of hydrogen-bond donors (Lipinski definition) is 1. The number of aromatic carboxylic acids is 1. The molecule has 0 fully saturated rings. The van der Waals surface area contributed by atoms with Crippen molar-refractivity contribution in [3.05, 3.63) is 34.9 Å². The van der Waals surface area contributed by atoms with Crippen LogP contribution in [0.3, 0.4) is 0 Å². The molecule has 21 heavy (non-hydrogen) atoms. The molecular weight excluding hydrogens is 305 g/mol. The van der Waals surface area contributed by atoms with Crippen molar-refractivity contribution in [1.29, 1.82) is 0 Å². The fraction of sp³-hybridized carbons (Fsp3) is 0.286. The molecule has 0 aliphatic rings. The summed E-state index contributed by atoms with van der Waals surface area (Å²) in [5.74, 6) is 3.89. The van der Waals surface area contributed by atoms with Gasteiger partial charge in [-0.3, -0.25) is 4.79 Å². The van der Waals surface area contributed by atoms with Gasteiger partial charge in [0.25, 0.3) is 0 Å². The van der Waals surface area contributed by atoms with Gasteiger partial charge in [-0.05, 0) is 18.2 Å². The molecule has 7 heteroatoms. The van der Waals surface area contributed by atoms with E-state index in [2.05, 4.69) is 11.8 Å². The SMILES string of the molecule is CC(=O)SCCC#Cc1ccc(C(=O)O)cc1C(F)(F)F. The molecule has 3 nitrogen and oxygen atoms in total. The standard InChI is InChI=1S/C14H11F3O3S/c1-9(18)21-7-3-2-4-10-5-6-11(13(19)20)8-12(10)14(15,16)17/h5-6,8H,3,7H2,1H3,(H,19,20). The summed E-state index contributed by atoms with van der Waals surface area (Å²) in [6.45, 7) is 1.39. The van der Waals surface area contributed by atoms with Crippen molar-refractivity contribution >= 4 is 22.8 Å². The van der Waals surface area contributed by atoms with Gasteiger partial charge in [0.2, 0.25) is 0 Å². The first-order valence-corrected chi connectivity index (χ1v) is 6.77. The average molecular weight is 316 g/mol. The molecule has 0 saturated heterocycles. The summed E-state index contributed by atoms with van der Waals surface area (Å²) in [6, 6.07) is 2.68. The number of rotatable bonds is 3. The monoisotopic (exact) mass is 316 g/mol. The van der Waals surface area contributed by atoms with Gasteiger partial charge in [0.1, 0.15) is 0 Å². The van der Waals surface area contributed by atoms with Crippen LogP contribution in [0.25, 0.3) is 0 Å². The van der Waals surface area contributed by atoms with Crippen LogP contribution in [0, 0.1) is 11.8 Å². The van der Waals surface area contributed by atoms with Gasteiger partial charge in [0.05, 0.1) is 11.1 Å². The zero-order chi connectivity index (χ0) is 16.0. The number of thioether (sulfide) groups is 1. The van der Waals surface area contributed by atoms with E-state index < -0.39 is 23.3 Å². The quantitative estimate of drug-likeness (QED) is 0.686. The minimum absolute atomic E-state index is 0.0846. The van der Waals surface area contributed by atoms with Gasteiger partial charge in [0.15, 0.2) is 5.12 Å². The fourth-order valence-corrected chi connectivity index (χ4v) is 1.92. The Morgan fingerprint density at radius 3 is 2.52 bits per heavy atom. The molecule has 1 N–H and O–H groups in total. The summed E-state index contributed by atoms with van der Waals surface area (Å²) in [5.41, 5.74) is -1.80. The average Bonchev–Trinajstić information content (AvgIpc) is 2.36. The van der Waals surface area contributed by atoms with E-state index in [-0.39, 0.29) is 17.1 Å². The highest BCUT2D eigenvalue weighted by Gasteiger charge is 2.33. The Balaban J connectivity index is 2.99. The van der Waals surface area contributed by atoms with Crippen LogP contribution in [0.5, 0.6) is 0 Å². The van der Waals surface area contributed by atoms with Crippen LogP contribution >= 0.6 is 11.8 Å². The number of halogens is 3. The third-order valence-electron chi connectivity index (χ3n) is 2.33. The zero-order valence-corrected chi connectivity index (χ0v) is 11.8.